The minimum absolute atomic E-state index is 0.122. The Morgan fingerprint density at radius 1 is 1.18 bits per heavy atom. The maximum atomic E-state index is 12.1. The molecule has 10 nitrogen and oxygen atoms in total. The van der Waals surface area contributed by atoms with Gasteiger partial charge in [0.2, 0.25) is 0 Å². The van der Waals surface area contributed by atoms with Gasteiger partial charge in [0.05, 0.1) is 35.7 Å². The summed E-state index contributed by atoms with van der Waals surface area (Å²) in [5.74, 6) is -0.451. The fourth-order valence-corrected chi connectivity index (χ4v) is 4.54. The van der Waals surface area contributed by atoms with Crippen LogP contribution in [0.5, 0.6) is 5.75 Å². The number of ether oxygens (including phenoxy) is 2. The largest absolute Gasteiger partial charge is 0.489 e. The molecule has 1 unspecified atom stereocenters. The van der Waals surface area contributed by atoms with Crippen LogP contribution in [0.2, 0.25) is 0 Å². The third kappa shape index (κ3) is 5.43. The van der Waals surface area contributed by atoms with Crippen molar-refractivity contribution in [2.75, 3.05) is 19.7 Å². The fraction of sp³-hybridized carbons (Fsp3) is 0.609. The molecule has 0 aromatic carbocycles. The number of nitrogens with zero attached hydrogens (tertiary/aromatic N) is 5. The summed E-state index contributed by atoms with van der Waals surface area (Å²) in [7, 11) is 1.81. The second kappa shape index (κ2) is 10.2. The number of amides is 1. The van der Waals surface area contributed by atoms with Crippen molar-refractivity contribution in [1.82, 2.24) is 24.9 Å². The van der Waals surface area contributed by atoms with Crippen molar-refractivity contribution in [2.45, 2.75) is 58.0 Å². The lowest BCUT2D eigenvalue weighted by Crippen LogP contribution is -2.29. The van der Waals surface area contributed by atoms with Gasteiger partial charge in [0.1, 0.15) is 11.4 Å². The quantitative estimate of drug-likeness (QED) is 0.674. The fourth-order valence-electron chi connectivity index (χ4n) is 4.54. The van der Waals surface area contributed by atoms with Crippen LogP contribution in [0.15, 0.2) is 12.1 Å². The van der Waals surface area contributed by atoms with Gasteiger partial charge >= 0.3 is 12.1 Å². The Bertz CT molecular complexity index is 1000. The molecule has 1 aliphatic heterocycles. The van der Waals surface area contributed by atoms with Crippen molar-refractivity contribution < 1.29 is 24.2 Å². The van der Waals surface area contributed by atoms with Crippen molar-refractivity contribution in [3.63, 3.8) is 0 Å². The second-order valence-electron chi connectivity index (χ2n) is 8.79. The lowest BCUT2D eigenvalue weighted by molar-refractivity contribution is -0.143. The van der Waals surface area contributed by atoms with E-state index in [1.807, 2.05) is 19.1 Å². The zero-order valence-corrected chi connectivity index (χ0v) is 19.2. The summed E-state index contributed by atoms with van der Waals surface area (Å²) in [4.78, 5) is 29.8. The molecule has 4 rings (SSSR count). The van der Waals surface area contributed by atoms with E-state index < -0.39 is 5.97 Å². The molecule has 2 aromatic rings. The highest BCUT2D eigenvalue weighted by atomic mass is 16.6. The molecule has 1 amide bonds. The first-order chi connectivity index (χ1) is 15.9. The molecule has 1 N–H and O–H groups in total. The topological polar surface area (TPSA) is 120 Å². The molecule has 1 saturated heterocycles. The van der Waals surface area contributed by atoms with Gasteiger partial charge in [-0.25, -0.2) is 9.78 Å². The van der Waals surface area contributed by atoms with Crippen LogP contribution in [0.1, 0.15) is 49.9 Å². The van der Waals surface area contributed by atoms with Crippen LogP contribution in [0.4, 0.5) is 4.79 Å². The van der Waals surface area contributed by atoms with Crippen LogP contribution in [0, 0.1) is 12.8 Å². The number of carbonyl (C=O) groups excluding carboxylic acids is 1. The number of rotatable bonds is 7. The van der Waals surface area contributed by atoms with Gasteiger partial charge in [0.25, 0.3) is 0 Å². The zero-order valence-electron chi connectivity index (χ0n) is 19.2. The molecule has 2 aromatic heterocycles. The average molecular weight is 458 g/mol. The lowest BCUT2D eigenvalue weighted by atomic mass is 9.87. The standard InChI is InChI=1S/C23H31N5O5/c1-15-20(33-17-7-5-6-16(14-17)22(29)30)9-8-18(24-15)21-19(27(2)26-25-21)10-13-32-23(31)28-11-3-4-12-28/h8-9,16-17H,3-7,10-14H2,1-2H3,(H,29,30)/t16?,17-/m0/s1. The molecule has 0 spiro atoms. The number of aliphatic carboxylic acids is 1. The second-order valence-corrected chi connectivity index (χ2v) is 8.79. The van der Waals surface area contributed by atoms with Crippen molar-refractivity contribution in [3.05, 3.63) is 23.5 Å². The van der Waals surface area contributed by atoms with E-state index in [1.165, 1.54) is 0 Å². The van der Waals surface area contributed by atoms with Gasteiger partial charge < -0.3 is 19.5 Å². The zero-order chi connectivity index (χ0) is 23.4. The Morgan fingerprint density at radius 3 is 2.70 bits per heavy atom. The van der Waals surface area contributed by atoms with Crippen LogP contribution in [-0.2, 0) is 23.0 Å². The molecule has 3 heterocycles. The van der Waals surface area contributed by atoms with E-state index in [0.717, 1.165) is 44.5 Å². The van der Waals surface area contributed by atoms with Gasteiger partial charge in [0.15, 0.2) is 0 Å². The van der Waals surface area contributed by atoms with Crippen LogP contribution in [-0.4, -0.2) is 67.8 Å². The molecule has 2 fully saturated rings. The van der Waals surface area contributed by atoms with Crippen LogP contribution < -0.4 is 4.74 Å². The molecule has 1 saturated carbocycles. The summed E-state index contributed by atoms with van der Waals surface area (Å²) in [6, 6.07) is 3.69. The van der Waals surface area contributed by atoms with E-state index in [1.54, 1.807) is 16.6 Å². The van der Waals surface area contributed by atoms with E-state index in [4.69, 9.17) is 9.47 Å². The molecule has 0 bridgehead atoms. The number of carboxylic acids is 1. The summed E-state index contributed by atoms with van der Waals surface area (Å²) in [6.07, 6.45) is 5.04. The minimum Gasteiger partial charge on any atom is -0.489 e. The number of aryl methyl sites for hydroxylation is 2. The predicted molar refractivity (Wildman–Crippen MR) is 119 cm³/mol. The first-order valence-corrected chi connectivity index (χ1v) is 11.6. The molecular formula is C23H31N5O5. The SMILES string of the molecule is Cc1nc(-c2nnn(C)c2CCOC(=O)N2CCCC2)ccc1O[C@H]1CCCC(C(=O)O)C1. The van der Waals surface area contributed by atoms with Crippen LogP contribution in [0.3, 0.4) is 0 Å². The van der Waals surface area contributed by atoms with Gasteiger partial charge in [-0.05, 0) is 57.6 Å². The van der Waals surface area contributed by atoms with E-state index in [9.17, 15) is 14.7 Å². The minimum atomic E-state index is -0.755. The first-order valence-electron chi connectivity index (χ1n) is 11.6. The number of likely N-dealkylation sites (tertiary alicyclic amines) is 1. The van der Waals surface area contributed by atoms with Gasteiger partial charge in [-0.1, -0.05) is 5.21 Å². The number of pyridine rings is 1. The number of carbonyl (C=O) groups is 2. The highest BCUT2D eigenvalue weighted by Crippen LogP contribution is 2.30. The predicted octanol–water partition coefficient (Wildman–Crippen LogP) is 2.98. The molecule has 0 radical (unpaired) electrons. The normalized spacial score (nSPS) is 20.6. The smallest absolute Gasteiger partial charge is 0.409 e. The first kappa shape index (κ1) is 23.0. The third-order valence-corrected chi connectivity index (χ3v) is 6.42. The van der Waals surface area contributed by atoms with Crippen molar-refractivity contribution in [3.8, 4) is 17.1 Å². The Hall–Kier alpha value is -3.17. The van der Waals surface area contributed by atoms with E-state index in [2.05, 4.69) is 15.3 Å². The monoisotopic (exact) mass is 457 g/mol. The molecular weight excluding hydrogens is 426 g/mol. The third-order valence-electron chi connectivity index (χ3n) is 6.42. The molecule has 178 valence electrons. The van der Waals surface area contributed by atoms with Crippen LogP contribution in [0.25, 0.3) is 11.4 Å². The number of aromatic nitrogens is 4. The average Bonchev–Trinajstić information content (AvgIpc) is 3.46. The maximum Gasteiger partial charge on any atom is 0.409 e. The summed E-state index contributed by atoms with van der Waals surface area (Å²) >= 11 is 0. The summed E-state index contributed by atoms with van der Waals surface area (Å²) in [5.41, 5.74) is 2.86. The van der Waals surface area contributed by atoms with Gasteiger partial charge in [-0.2, -0.15) is 0 Å². The number of carboxylic acid groups (broad SMARTS) is 1. The van der Waals surface area contributed by atoms with Crippen LogP contribution >= 0.6 is 0 Å². The maximum absolute atomic E-state index is 12.1. The van der Waals surface area contributed by atoms with Gasteiger partial charge in [-0.15, -0.1) is 5.10 Å². The lowest BCUT2D eigenvalue weighted by Gasteiger charge is -2.27. The molecule has 2 atom stereocenters. The Balaban J connectivity index is 1.40. The Morgan fingerprint density at radius 2 is 1.97 bits per heavy atom. The molecule has 33 heavy (non-hydrogen) atoms. The van der Waals surface area contributed by atoms with Gasteiger partial charge in [0, 0.05) is 26.6 Å². The van der Waals surface area contributed by atoms with E-state index >= 15 is 0 Å². The van der Waals surface area contributed by atoms with Crippen molar-refractivity contribution >= 4 is 12.1 Å². The molecule has 10 heteroatoms. The van der Waals surface area contributed by atoms with E-state index in [0.29, 0.717) is 42.1 Å². The summed E-state index contributed by atoms with van der Waals surface area (Å²) < 4.78 is 13.2. The summed E-state index contributed by atoms with van der Waals surface area (Å²) in [5, 5.41) is 17.7. The Labute approximate surface area is 192 Å². The number of hydrogen-bond acceptors (Lipinski definition) is 7. The van der Waals surface area contributed by atoms with Crippen molar-refractivity contribution in [2.24, 2.45) is 13.0 Å². The van der Waals surface area contributed by atoms with Crippen molar-refractivity contribution in [1.29, 1.82) is 0 Å². The molecule has 2 aliphatic rings. The highest BCUT2D eigenvalue weighted by molar-refractivity contribution is 5.70. The number of hydrogen-bond donors (Lipinski definition) is 1. The Kier molecular flexibility index (Phi) is 7.10. The highest BCUT2D eigenvalue weighted by Gasteiger charge is 2.28. The summed E-state index contributed by atoms with van der Waals surface area (Å²) in [6.45, 7) is 3.62. The van der Waals surface area contributed by atoms with Gasteiger partial charge in [-0.3, -0.25) is 9.48 Å². The molecule has 1 aliphatic carbocycles. The van der Waals surface area contributed by atoms with E-state index in [-0.39, 0.29) is 24.7 Å².